The minimum Gasteiger partial charge on any atom is -0.496 e. The third-order valence-corrected chi connectivity index (χ3v) is 4.90. The number of nitrogens with one attached hydrogen (secondary N) is 1. The maximum absolute atomic E-state index is 12.7. The molecule has 134 valence electrons. The molecule has 2 rings (SSSR count). The maximum atomic E-state index is 12.7. The summed E-state index contributed by atoms with van der Waals surface area (Å²) < 4.78 is 6.57. The van der Waals surface area contributed by atoms with E-state index in [1.54, 1.807) is 13.2 Å². The quantitative estimate of drug-likeness (QED) is 0.737. The number of ether oxygens (including phenoxy) is 1. The van der Waals surface area contributed by atoms with Gasteiger partial charge in [-0.2, -0.15) is 0 Å². The lowest BCUT2D eigenvalue weighted by Gasteiger charge is -2.15. The zero-order valence-electron chi connectivity index (χ0n) is 15.2. The van der Waals surface area contributed by atoms with Crippen LogP contribution in [0.2, 0.25) is 0 Å². The van der Waals surface area contributed by atoms with E-state index in [9.17, 15) is 4.79 Å². The molecule has 1 amide bonds. The van der Waals surface area contributed by atoms with Crippen LogP contribution >= 0.6 is 15.9 Å². The van der Waals surface area contributed by atoms with Gasteiger partial charge in [-0.15, -0.1) is 0 Å². The average molecular weight is 405 g/mol. The smallest absolute Gasteiger partial charge is 0.259 e. The van der Waals surface area contributed by atoms with Crippen LogP contribution in [0.3, 0.4) is 0 Å². The van der Waals surface area contributed by atoms with E-state index in [4.69, 9.17) is 4.74 Å². The van der Waals surface area contributed by atoms with Gasteiger partial charge in [-0.25, -0.2) is 0 Å². The standard InChI is InChI=1S/C20H25BrN2O2/c1-14-13-16(10-11-18(14)21)22-20(24)17-9-5-7-15(19(17)25-4)8-6-12-23(2)3/h5,7,9-11,13H,6,8,12H2,1-4H3,(H,22,24). The van der Waals surface area contributed by atoms with Crippen LogP contribution < -0.4 is 10.1 Å². The van der Waals surface area contributed by atoms with E-state index in [2.05, 4.69) is 40.2 Å². The molecule has 0 saturated heterocycles. The van der Waals surface area contributed by atoms with Crippen LogP contribution in [-0.4, -0.2) is 38.6 Å². The van der Waals surface area contributed by atoms with E-state index in [0.29, 0.717) is 11.3 Å². The third-order valence-electron chi connectivity index (χ3n) is 4.01. The first-order chi connectivity index (χ1) is 11.9. The Kier molecular flexibility index (Phi) is 7.02. The van der Waals surface area contributed by atoms with Crippen LogP contribution in [0.1, 0.15) is 27.9 Å². The van der Waals surface area contributed by atoms with Crippen molar-refractivity contribution in [3.05, 3.63) is 57.6 Å². The van der Waals surface area contributed by atoms with Crippen LogP contribution in [0.25, 0.3) is 0 Å². The Morgan fingerprint density at radius 2 is 2.00 bits per heavy atom. The van der Waals surface area contributed by atoms with Gasteiger partial charge in [0.05, 0.1) is 12.7 Å². The summed E-state index contributed by atoms with van der Waals surface area (Å²) in [5, 5.41) is 2.95. The molecule has 0 atom stereocenters. The summed E-state index contributed by atoms with van der Waals surface area (Å²) >= 11 is 3.47. The van der Waals surface area contributed by atoms with Gasteiger partial charge in [-0.1, -0.05) is 28.1 Å². The van der Waals surface area contributed by atoms with Gasteiger partial charge in [0.25, 0.3) is 5.91 Å². The molecule has 5 heteroatoms. The second-order valence-electron chi connectivity index (χ2n) is 6.32. The number of carbonyl (C=O) groups is 1. The Morgan fingerprint density at radius 1 is 1.24 bits per heavy atom. The number of methoxy groups -OCH3 is 1. The minimum absolute atomic E-state index is 0.159. The number of halogens is 1. The SMILES string of the molecule is COc1c(CCCN(C)C)cccc1C(=O)Nc1ccc(Br)c(C)c1. The van der Waals surface area contributed by atoms with Crippen LogP contribution in [0.15, 0.2) is 40.9 Å². The number of anilines is 1. The number of hydrogen-bond donors (Lipinski definition) is 1. The second-order valence-corrected chi connectivity index (χ2v) is 7.18. The summed E-state index contributed by atoms with van der Waals surface area (Å²) in [6, 6.07) is 11.5. The monoisotopic (exact) mass is 404 g/mol. The van der Waals surface area contributed by atoms with E-state index in [1.165, 1.54) is 0 Å². The largest absolute Gasteiger partial charge is 0.496 e. The summed E-state index contributed by atoms with van der Waals surface area (Å²) in [6.07, 6.45) is 1.89. The Hall–Kier alpha value is -1.85. The van der Waals surface area contributed by atoms with Gasteiger partial charge < -0.3 is 15.0 Å². The summed E-state index contributed by atoms with van der Waals surface area (Å²) in [6.45, 7) is 2.99. The van der Waals surface area contributed by atoms with Crippen molar-refractivity contribution in [1.29, 1.82) is 0 Å². The number of nitrogens with zero attached hydrogens (tertiary/aromatic N) is 1. The van der Waals surface area contributed by atoms with Gasteiger partial charge in [0.2, 0.25) is 0 Å². The fourth-order valence-corrected chi connectivity index (χ4v) is 2.95. The molecule has 0 fully saturated rings. The van der Waals surface area contributed by atoms with Crippen molar-refractivity contribution >= 4 is 27.5 Å². The van der Waals surface area contributed by atoms with E-state index in [-0.39, 0.29) is 5.91 Å². The maximum Gasteiger partial charge on any atom is 0.259 e. The fourth-order valence-electron chi connectivity index (χ4n) is 2.71. The Labute approximate surface area is 158 Å². The summed E-state index contributed by atoms with van der Waals surface area (Å²) in [7, 11) is 5.73. The van der Waals surface area contributed by atoms with Crippen molar-refractivity contribution in [2.45, 2.75) is 19.8 Å². The molecular weight excluding hydrogens is 380 g/mol. The fraction of sp³-hybridized carbons (Fsp3) is 0.350. The van der Waals surface area contributed by atoms with Gasteiger partial charge >= 0.3 is 0 Å². The van der Waals surface area contributed by atoms with E-state index in [1.807, 2.05) is 37.3 Å². The van der Waals surface area contributed by atoms with Gasteiger partial charge in [0.1, 0.15) is 5.75 Å². The van der Waals surface area contributed by atoms with Gasteiger partial charge in [0, 0.05) is 10.2 Å². The molecule has 0 aromatic heterocycles. The molecule has 0 heterocycles. The van der Waals surface area contributed by atoms with Crippen LogP contribution in [0, 0.1) is 6.92 Å². The first-order valence-corrected chi connectivity index (χ1v) is 9.09. The highest BCUT2D eigenvalue weighted by atomic mass is 79.9. The average Bonchev–Trinajstić information content (AvgIpc) is 2.57. The highest BCUT2D eigenvalue weighted by Crippen LogP contribution is 2.27. The number of carbonyl (C=O) groups excluding carboxylic acids is 1. The first-order valence-electron chi connectivity index (χ1n) is 8.30. The summed E-state index contributed by atoms with van der Waals surface area (Å²) in [4.78, 5) is 14.9. The molecule has 0 bridgehead atoms. The Balaban J connectivity index is 2.19. The number of benzene rings is 2. The van der Waals surface area contributed by atoms with Crippen LogP contribution in [-0.2, 0) is 6.42 Å². The molecule has 2 aromatic rings. The topological polar surface area (TPSA) is 41.6 Å². The first kappa shape index (κ1) is 19.5. The molecular formula is C20H25BrN2O2. The highest BCUT2D eigenvalue weighted by molar-refractivity contribution is 9.10. The van der Waals surface area contributed by atoms with Crippen LogP contribution in [0.5, 0.6) is 5.75 Å². The Bertz CT molecular complexity index is 744. The molecule has 0 radical (unpaired) electrons. The van der Waals surface area contributed by atoms with Crippen molar-refractivity contribution in [2.24, 2.45) is 0 Å². The molecule has 0 saturated carbocycles. The third kappa shape index (κ3) is 5.31. The predicted octanol–water partition coefficient (Wildman–Crippen LogP) is 4.51. The number of amides is 1. The molecule has 0 aliphatic heterocycles. The van der Waals surface area contributed by atoms with Crippen molar-refractivity contribution < 1.29 is 9.53 Å². The van der Waals surface area contributed by atoms with Gasteiger partial charge in [-0.05, 0) is 75.8 Å². The normalized spacial score (nSPS) is 10.8. The number of rotatable bonds is 7. The van der Waals surface area contributed by atoms with E-state index >= 15 is 0 Å². The number of para-hydroxylation sites is 1. The zero-order chi connectivity index (χ0) is 18.4. The minimum atomic E-state index is -0.159. The lowest BCUT2D eigenvalue weighted by atomic mass is 10.0. The van der Waals surface area contributed by atoms with Crippen LogP contribution in [0.4, 0.5) is 5.69 Å². The predicted molar refractivity (Wildman–Crippen MR) is 107 cm³/mol. The van der Waals surface area contributed by atoms with Crippen molar-refractivity contribution in [1.82, 2.24) is 4.90 Å². The lowest BCUT2D eigenvalue weighted by Crippen LogP contribution is -2.15. The van der Waals surface area contributed by atoms with Crippen molar-refractivity contribution in [3.63, 3.8) is 0 Å². The molecule has 0 aliphatic rings. The van der Waals surface area contributed by atoms with Crippen molar-refractivity contribution in [3.8, 4) is 5.75 Å². The number of aryl methyl sites for hydroxylation is 2. The van der Waals surface area contributed by atoms with Gasteiger partial charge in [0.15, 0.2) is 0 Å². The van der Waals surface area contributed by atoms with E-state index < -0.39 is 0 Å². The second kappa shape index (κ2) is 9.02. The summed E-state index contributed by atoms with van der Waals surface area (Å²) in [5.41, 5.74) is 3.46. The summed E-state index contributed by atoms with van der Waals surface area (Å²) in [5.74, 6) is 0.501. The molecule has 4 nitrogen and oxygen atoms in total. The lowest BCUT2D eigenvalue weighted by molar-refractivity contribution is 0.102. The zero-order valence-corrected chi connectivity index (χ0v) is 16.8. The Morgan fingerprint density at radius 3 is 2.64 bits per heavy atom. The van der Waals surface area contributed by atoms with Crippen molar-refractivity contribution in [2.75, 3.05) is 33.1 Å². The molecule has 1 N–H and O–H groups in total. The molecule has 25 heavy (non-hydrogen) atoms. The molecule has 0 spiro atoms. The highest BCUT2D eigenvalue weighted by Gasteiger charge is 2.16. The molecule has 2 aromatic carbocycles. The van der Waals surface area contributed by atoms with Gasteiger partial charge in [-0.3, -0.25) is 4.79 Å². The number of hydrogen-bond acceptors (Lipinski definition) is 3. The molecule has 0 unspecified atom stereocenters. The molecule has 0 aliphatic carbocycles. The van der Waals surface area contributed by atoms with E-state index in [0.717, 1.165) is 40.7 Å².